The highest BCUT2D eigenvalue weighted by Crippen LogP contribution is 2.00. The lowest BCUT2D eigenvalue weighted by atomic mass is 10.4. The molecule has 82 valence electrons. The topological polar surface area (TPSA) is 88.9 Å². The summed E-state index contributed by atoms with van der Waals surface area (Å²) in [6, 6.07) is 0. The van der Waals surface area contributed by atoms with Crippen molar-refractivity contribution in [3.05, 3.63) is 6.20 Å². The summed E-state index contributed by atoms with van der Waals surface area (Å²) >= 11 is 0. The van der Waals surface area contributed by atoms with E-state index in [1.165, 1.54) is 10.9 Å². The third-order valence-corrected chi connectivity index (χ3v) is 1.71. The van der Waals surface area contributed by atoms with Gasteiger partial charge < -0.3 is 10.6 Å². The molecule has 7 heteroatoms. The Balaban J connectivity index is 2.56. The second-order valence-electron chi connectivity index (χ2n) is 2.88. The Morgan fingerprint density at radius 2 is 2.20 bits per heavy atom. The van der Waals surface area contributed by atoms with Gasteiger partial charge in [0.15, 0.2) is 5.82 Å². The highest BCUT2D eigenvalue weighted by molar-refractivity contribution is 5.89. The molecule has 0 saturated carbocycles. The van der Waals surface area contributed by atoms with E-state index >= 15 is 0 Å². The molecule has 1 aromatic heterocycles. The number of anilines is 1. The van der Waals surface area contributed by atoms with Crippen LogP contribution in [0.3, 0.4) is 0 Å². The number of hydrogen-bond acceptors (Lipinski definition) is 4. The second kappa shape index (κ2) is 5.08. The van der Waals surface area contributed by atoms with E-state index in [0.717, 1.165) is 0 Å². The monoisotopic (exact) mass is 211 g/mol. The first kappa shape index (κ1) is 11.2. The Morgan fingerprint density at radius 3 is 2.80 bits per heavy atom. The number of carbonyl (C=O) groups is 2. The molecular weight excluding hydrogens is 198 g/mol. The lowest BCUT2D eigenvalue weighted by Gasteiger charge is -1.97. The van der Waals surface area contributed by atoms with Gasteiger partial charge in [-0.2, -0.15) is 0 Å². The van der Waals surface area contributed by atoms with Crippen molar-refractivity contribution in [1.29, 1.82) is 0 Å². The van der Waals surface area contributed by atoms with Crippen LogP contribution in [0.15, 0.2) is 6.20 Å². The van der Waals surface area contributed by atoms with Crippen LogP contribution in [0, 0.1) is 0 Å². The van der Waals surface area contributed by atoms with E-state index < -0.39 is 0 Å². The second-order valence-corrected chi connectivity index (χ2v) is 2.88. The highest BCUT2D eigenvalue weighted by atomic mass is 16.2. The summed E-state index contributed by atoms with van der Waals surface area (Å²) in [6.07, 6.45) is 1.88. The Hall–Kier alpha value is -1.92. The van der Waals surface area contributed by atoms with Crippen LogP contribution in [0.4, 0.5) is 5.82 Å². The van der Waals surface area contributed by atoms with Crippen molar-refractivity contribution in [1.82, 2.24) is 20.3 Å². The van der Waals surface area contributed by atoms with E-state index in [4.69, 9.17) is 0 Å². The first-order valence-corrected chi connectivity index (χ1v) is 4.56. The zero-order valence-electron chi connectivity index (χ0n) is 8.65. The summed E-state index contributed by atoms with van der Waals surface area (Å²) in [5.41, 5.74) is 0. The van der Waals surface area contributed by atoms with Crippen LogP contribution in [0.25, 0.3) is 0 Å². The minimum absolute atomic E-state index is 0.0888. The molecule has 0 spiro atoms. The summed E-state index contributed by atoms with van der Waals surface area (Å²) in [5, 5.41) is 12.4. The standard InChI is InChI=1S/C8H13N5O2/c1-3-7(14)10-6-4-13(12-11-6)5-8(15)9-2/h4H,3,5H2,1-2H3,(H,9,15)(H,10,14). The average Bonchev–Trinajstić information content (AvgIpc) is 2.65. The molecule has 7 nitrogen and oxygen atoms in total. The van der Waals surface area contributed by atoms with E-state index in [0.29, 0.717) is 12.2 Å². The lowest BCUT2D eigenvalue weighted by Crippen LogP contribution is -2.23. The quantitative estimate of drug-likeness (QED) is 0.694. The minimum atomic E-state index is -0.173. The number of rotatable bonds is 4. The summed E-state index contributed by atoms with van der Waals surface area (Å²) in [6.45, 7) is 1.83. The highest BCUT2D eigenvalue weighted by Gasteiger charge is 2.05. The smallest absolute Gasteiger partial charge is 0.241 e. The first-order valence-electron chi connectivity index (χ1n) is 4.56. The molecule has 15 heavy (non-hydrogen) atoms. The molecule has 0 radical (unpaired) electrons. The van der Waals surface area contributed by atoms with Crippen molar-refractivity contribution < 1.29 is 9.59 Å². The number of amides is 2. The van der Waals surface area contributed by atoms with Crippen LogP contribution in [0.5, 0.6) is 0 Å². The molecule has 0 unspecified atom stereocenters. The molecule has 0 fully saturated rings. The molecule has 0 atom stereocenters. The number of nitrogens with one attached hydrogen (secondary N) is 2. The number of aromatic nitrogens is 3. The van der Waals surface area contributed by atoms with Crippen LogP contribution in [0.2, 0.25) is 0 Å². The molecule has 2 N–H and O–H groups in total. The third kappa shape index (κ3) is 3.37. The third-order valence-electron chi connectivity index (χ3n) is 1.71. The maximum absolute atomic E-state index is 11.0. The molecule has 1 heterocycles. The molecule has 0 aliphatic heterocycles. The van der Waals surface area contributed by atoms with E-state index in [-0.39, 0.29) is 18.4 Å². The van der Waals surface area contributed by atoms with Gasteiger partial charge in [-0.3, -0.25) is 9.59 Å². The van der Waals surface area contributed by atoms with E-state index in [1.807, 2.05) is 0 Å². The normalized spacial score (nSPS) is 9.73. The molecule has 2 amide bonds. The van der Waals surface area contributed by atoms with Crippen LogP contribution >= 0.6 is 0 Å². The van der Waals surface area contributed by atoms with Crippen LogP contribution < -0.4 is 10.6 Å². The predicted octanol–water partition coefficient (Wildman–Crippen LogP) is -0.627. The fourth-order valence-electron chi connectivity index (χ4n) is 0.890. The van der Waals surface area contributed by atoms with Crippen molar-refractivity contribution >= 4 is 17.6 Å². The summed E-state index contributed by atoms with van der Waals surface area (Å²) in [4.78, 5) is 22.0. The van der Waals surface area contributed by atoms with Crippen LogP contribution in [-0.4, -0.2) is 33.9 Å². The Kier molecular flexibility index (Phi) is 3.78. The summed E-state index contributed by atoms with van der Waals surface area (Å²) < 4.78 is 1.35. The van der Waals surface area contributed by atoms with Gasteiger partial charge in [0.2, 0.25) is 11.8 Å². The minimum Gasteiger partial charge on any atom is -0.358 e. The van der Waals surface area contributed by atoms with Gasteiger partial charge >= 0.3 is 0 Å². The van der Waals surface area contributed by atoms with Crippen LogP contribution in [-0.2, 0) is 16.1 Å². The predicted molar refractivity (Wildman–Crippen MR) is 53.0 cm³/mol. The molecule has 0 aromatic carbocycles. The van der Waals surface area contributed by atoms with Crippen LogP contribution in [0.1, 0.15) is 13.3 Å². The van der Waals surface area contributed by atoms with Gasteiger partial charge in [0.05, 0.1) is 6.20 Å². The fourth-order valence-corrected chi connectivity index (χ4v) is 0.890. The van der Waals surface area contributed by atoms with Gasteiger partial charge in [0.1, 0.15) is 6.54 Å². The zero-order valence-corrected chi connectivity index (χ0v) is 8.65. The number of likely N-dealkylation sites (N-methyl/N-ethyl adjacent to an activating group) is 1. The first-order chi connectivity index (χ1) is 7.15. The Morgan fingerprint density at radius 1 is 1.47 bits per heavy atom. The van der Waals surface area contributed by atoms with Gasteiger partial charge in [-0.1, -0.05) is 12.1 Å². The van der Waals surface area contributed by atoms with Gasteiger partial charge in [-0.25, -0.2) is 4.68 Å². The van der Waals surface area contributed by atoms with Gasteiger partial charge in [0.25, 0.3) is 0 Å². The summed E-state index contributed by atoms with van der Waals surface area (Å²) in [7, 11) is 1.54. The van der Waals surface area contributed by atoms with E-state index in [1.54, 1.807) is 14.0 Å². The van der Waals surface area contributed by atoms with Crippen molar-refractivity contribution in [2.75, 3.05) is 12.4 Å². The number of nitrogens with zero attached hydrogens (tertiary/aromatic N) is 3. The number of hydrogen-bond donors (Lipinski definition) is 2. The van der Waals surface area contributed by atoms with Gasteiger partial charge in [-0.15, -0.1) is 5.10 Å². The lowest BCUT2D eigenvalue weighted by molar-refractivity contribution is -0.121. The fraction of sp³-hybridized carbons (Fsp3) is 0.500. The maximum atomic E-state index is 11.0. The number of carbonyl (C=O) groups excluding carboxylic acids is 2. The molecular formula is C8H13N5O2. The summed E-state index contributed by atoms with van der Waals surface area (Å²) in [5.74, 6) is 0.0426. The van der Waals surface area contributed by atoms with E-state index in [9.17, 15) is 9.59 Å². The maximum Gasteiger partial charge on any atom is 0.241 e. The molecule has 0 bridgehead atoms. The Bertz CT molecular complexity index is 327. The van der Waals surface area contributed by atoms with Crippen molar-refractivity contribution in [2.45, 2.75) is 19.9 Å². The molecule has 0 aliphatic carbocycles. The van der Waals surface area contributed by atoms with Crippen molar-refractivity contribution in [3.63, 3.8) is 0 Å². The molecule has 1 rings (SSSR count). The van der Waals surface area contributed by atoms with Gasteiger partial charge in [-0.05, 0) is 0 Å². The average molecular weight is 211 g/mol. The van der Waals surface area contributed by atoms with Gasteiger partial charge in [0, 0.05) is 13.5 Å². The zero-order chi connectivity index (χ0) is 11.3. The Labute approximate surface area is 86.8 Å². The van der Waals surface area contributed by atoms with E-state index in [2.05, 4.69) is 20.9 Å². The molecule has 0 saturated heterocycles. The molecule has 0 aliphatic rings. The van der Waals surface area contributed by atoms with Crippen molar-refractivity contribution in [3.8, 4) is 0 Å². The molecule has 1 aromatic rings. The van der Waals surface area contributed by atoms with Crippen molar-refractivity contribution in [2.24, 2.45) is 0 Å². The largest absolute Gasteiger partial charge is 0.358 e. The SMILES string of the molecule is CCC(=O)Nc1cn(CC(=O)NC)nn1.